The molecule has 13 heteroatoms. The highest BCUT2D eigenvalue weighted by Gasteiger charge is 2.43. The quantitative estimate of drug-likeness (QED) is 0.232. The molecule has 226 valence electrons. The molecule has 0 radical (unpaired) electrons. The van der Waals surface area contributed by atoms with E-state index in [1.54, 1.807) is 38.4 Å². The first-order chi connectivity index (χ1) is 20.1. The fourth-order valence-electron chi connectivity index (χ4n) is 5.50. The van der Waals surface area contributed by atoms with Crippen LogP contribution in [0.25, 0.3) is 10.1 Å². The molecule has 1 fully saturated rings. The normalized spacial score (nSPS) is 18.0. The van der Waals surface area contributed by atoms with Gasteiger partial charge in [-0.2, -0.15) is 4.37 Å². The fraction of sp³-hybridized carbons (Fsp3) is 0.483. The van der Waals surface area contributed by atoms with Crippen LogP contribution in [0.2, 0.25) is 5.02 Å². The predicted molar refractivity (Wildman–Crippen MR) is 168 cm³/mol. The molecule has 2 atom stereocenters. The number of benzene rings is 2. The Labute approximate surface area is 255 Å². The Morgan fingerprint density at radius 3 is 2.62 bits per heavy atom. The lowest BCUT2D eigenvalue weighted by Crippen LogP contribution is -2.47. The molecule has 0 bridgehead atoms. The number of halogens is 1. The summed E-state index contributed by atoms with van der Waals surface area (Å²) >= 11 is 8.28. The Morgan fingerprint density at radius 1 is 1.17 bits per heavy atom. The van der Waals surface area contributed by atoms with Gasteiger partial charge in [-0.3, -0.25) is 19.1 Å². The lowest BCUT2D eigenvalue weighted by Gasteiger charge is -2.35. The number of amides is 1. The maximum atomic E-state index is 14.1. The van der Waals surface area contributed by atoms with Gasteiger partial charge in [0.2, 0.25) is 5.91 Å². The minimum absolute atomic E-state index is 0.0972. The van der Waals surface area contributed by atoms with Gasteiger partial charge in [0.05, 0.1) is 22.9 Å². The second-order valence-corrected chi connectivity index (χ2v) is 14.5. The fourth-order valence-corrected chi connectivity index (χ4v) is 8.87. The molecule has 1 N–H and O–H groups in total. The average molecular weight is 634 g/mol. The van der Waals surface area contributed by atoms with Crippen LogP contribution >= 0.6 is 30.6 Å². The molecule has 5 rings (SSSR count). The highest BCUT2D eigenvalue weighted by molar-refractivity contribution is 7.64. The number of ether oxygens (including phenoxy) is 2. The highest BCUT2D eigenvalue weighted by Crippen LogP contribution is 2.53. The third kappa shape index (κ3) is 6.51. The number of aromatic nitrogens is 1. The topological polar surface area (TPSA) is 104 Å². The zero-order valence-corrected chi connectivity index (χ0v) is 26.8. The molecule has 1 saturated heterocycles. The lowest BCUT2D eigenvalue weighted by molar-refractivity contribution is -0.149. The predicted octanol–water partition coefficient (Wildman–Crippen LogP) is 4.93. The Bertz CT molecular complexity index is 1510. The largest absolute Gasteiger partial charge is 0.462 e. The van der Waals surface area contributed by atoms with Crippen LogP contribution in [0.1, 0.15) is 31.9 Å². The number of hydrogen-bond acceptors (Lipinski definition) is 9. The van der Waals surface area contributed by atoms with Crippen molar-refractivity contribution >= 4 is 64.0 Å². The van der Waals surface area contributed by atoms with Crippen molar-refractivity contribution in [1.29, 1.82) is 0 Å². The number of anilines is 2. The van der Waals surface area contributed by atoms with Gasteiger partial charge in [-0.1, -0.05) is 29.8 Å². The minimum Gasteiger partial charge on any atom is -0.462 e. The molecule has 10 nitrogen and oxygen atoms in total. The van der Waals surface area contributed by atoms with Crippen molar-refractivity contribution in [3.63, 3.8) is 0 Å². The van der Waals surface area contributed by atoms with E-state index in [-0.39, 0.29) is 24.8 Å². The van der Waals surface area contributed by atoms with Crippen molar-refractivity contribution in [2.75, 3.05) is 55.8 Å². The number of carbonyl (C=O) groups is 2. The van der Waals surface area contributed by atoms with Crippen LogP contribution in [-0.2, 0) is 36.5 Å². The number of rotatable bonds is 11. The maximum absolute atomic E-state index is 14.1. The summed E-state index contributed by atoms with van der Waals surface area (Å²) in [5.74, 6) is 0.182. The van der Waals surface area contributed by atoms with Gasteiger partial charge in [-0.25, -0.2) is 9.76 Å². The molecule has 2 unspecified atom stereocenters. The number of nitrogens with one attached hydrogen (secondary N) is 1. The molecule has 1 amide bonds. The van der Waals surface area contributed by atoms with Gasteiger partial charge in [-0.15, -0.1) is 0 Å². The van der Waals surface area contributed by atoms with E-state index in [0.717, 1.165) is 56.1 Å². The SMILES string of the molecule is COCP(=O)(NC(C)C(=O)OC(C)C)N1C(=O)Cc2cc(CCN3CCN(c4nsc5ccccc45)CC3)c(Cl)cc21. The van der Waals surface area contributed by atoms with Crippen LogP contribution < -0.4 is 14.7 Å². The summed E-state index contributed by atoms with van der Waals surface area (Å²) in [6.07, 6.45) is 0.239. The monoisotopic (exact) mass is 633 g/mol. The number of esters is 1. The van der Waals surface area contributed by atoms with Crippen LogP contribution in [0.3, 0.4) is 0 Å². The summed E-state index contributed by atoms with van der Waals surface area (Å²) in [7, 11) is -2.28. The second kappa shape index (κ2) is 13.0. The smallest absolute Gasteiger partial charge is 0.323 e. The Kier molecular flexibility index (Phi) is 9.56. The van der Waals surface area contributed by atoms with Crippen LogP contribution in [0, 0.1) is 0 Å². The summed E-state index contributed by atoms with van der Waals surface area (Å²) in [4.78, 5) is 30.4. The summed E-state index contributed by atoms with van der Waals surface area (Å²) in [5.41, 5.74) is 2.19. The number of piperazine rings is 1. The van der Waals surface area contributed by atoms with E-state index >= 15 is 0 Å². The van der Waals surface area contributed by atoms with Crippen LogP contribution in [0.4, 0.5) is 11.5 Å². The minimum atomic E-state index is -3.69. The summed E-state index contributed by atoms with van der Waals surface area (Å²) in [6, 6.07) is 11.1. The van der Waals surface area contributed by atoms with Gasteiger partial charge in [0.25, 0.3) is 7.44 Å². The molecule has 2 aliphatic heterocycles. The number of nitrogens with zero attached hydrogens (tertiary/aromatic N) is 4. The lowest BCUT2D eigenvalue weighted by atomic mass is 10.1. The molecule has 2 aromatic carbocycles. The van der Waals surface area contributed by atoms with Gasteiger partial charge < -0.3 is 14.4 Å². The van der Waals surface area contributed by atoms with Gasteiger partial charge in [0.1, 0.15) is 18.2 Å². The van der Waals surface area contributed by atoms with E-state index in [1.165, 1.54) is 21.9 Å². The first kappa shape index (κ1) is 30.9. The van der Waals surface area contributed by atoms with Gasteiger partial charge in [0.15, 0.2) is 0 Å². The standard InChI is InChI=1S/C29H37ClN5O5PS/c1-19(2)40-29(37)20(3)31-41(38,18-39-4)35-25-17-24(30)21(15-22(25)16-27(35)36)9-10-33-11-13-34(14-12-33)28-23-7-5-6-8-26(23)42-32-28/h5-8,15,17,19-20H,9-14,16,18H2,1-4H3,(H,31,38). The van der Waals surface area contributed by atoms with Crippen LogP contribution in [-0.4, -0.2) is 79.5 Å². The molecule has 42 heavy (non-hydrogen) atoms. The first-order valence-electron chi connectivity index (χ1n) is 14.1. The second-order valence-electron chi connectivity index (χ2n) is 11.0. The summed E-state index contributed by atoms with van der Waals surface area (Å²) in [5, 5.41) is 4.56. The molecule has 3 heterocycles. The zero-order valence-electron chi connectivity index (χ0n) is 24.3. The van der Waals surface area contributed by atoms with Crippen molar-refractivity contribution in [1.82, 2.24) is 14.4 Å². The van der Waals surface area contributed by atoms with E-state index in [1.807, 2.05) is 12.1 Å². The first-order valence-corrected chi connectivity index (χ1v) is 17.1. The van der Waals surface area contributed by atoms with Crippen molar-refractivity contribution in [3.8, 4) is 0 Å². The summed E-state index contributed by atoms with van der Waals surface area (Å²) < 4.78 is 31.7. The zero-order chi connectivity index (χ0) is 30.0. The maximum Gasteiger partial charge on any atom is 0.323 e. The average Bonchev–Trinajstić information content (AvgIpc) is 3.52. The van der Waals surface area contributed by atoms with Gasteiger partial charge in [-0.05, 0) is 68.1 Å². The van der Waals surface area contributed by atoms with Crippen molar-refractivity contribution in [3.05, 3.63) is 52.5 Å². The van der Waals surface area contributed by atoms with E-state index < -0.39 is 19.5 Å². The molecular weight excluding hydrogens is 597 g/mol. The van der Waals surface area contributed by atoms with Crippen LogP contribution in [0.15, 0.2) is 36.4 Å². The molecule has 0 spiro atoms. The van der Waals surface area contributed by atoms with Gasteiger partial charge >= 0.3 is 5.97 Å². The number of hydrogen-bond donors (Lipinski definition) is 1. The third-order valence-corrected chi connectivity index (χ3v) is 11.2. The van der Waals surface area contributed by atoms with Crippen molar-refractivity contribution < 1.29 is 23.6 Å². The number of fused-ring (bicyclic) bond motifs is 2. The van der Waals surface area contributed by atoms with Gasteiger partial charge in [0, 0.05) is 50.2 Å². The highest BCUT2D eigenvalue weighted by atomic mass is 35.5. The number of carbonyl (C=O) groups excluding carboxylic acids is 2. The van der Waals surface area contributed by atoms with E-state index in [0.29, 0.717) is 10.7 Å². The Morgan fingerprint density at radius 2 is 1.90 bits per heavy atom. The van der Waals surface area contributed by atoms with Crippen LogP contribution in [0.5, 0.6) is 0 Å². The van der Waals surface area contributed by atoms with Crippen molar-refractivity contribution in [2.45, 2.75) is 45.8 Å². The van der Waals surface area contributed by atoms with Crippen molar-refractivity contribution in [2.24, 2.45) is 0 Å². The summed E-state index contributed by atoms with van der Waals surface area (Å²) in [6.45, 7) is 9.52. The molecule has 3 aromatic rings. The van der Waals surface area contributed by atoms with E-state index in [9.17, 15) is 14.2 Å². The number of methoxy groups -OCH3 is 1. The molecule has 0 saturated carbocycles. The third-order valence-electron chi connectivity index (χ3n) is 7.51. The molecule has 2 aliphatic rings. The van der Waals surface area contributed by atoms with E-state index in [2.05, 4.69) is 33.1 Å². The van der Waals surface area contributed by atoms with E-state index in [4.69, 9.17) is 25.4 Å². The Balaban J connectivity index is 1.24. The Hall–Kier alpha value is -2.53. The molecule has 1 aromatic heterocycles. The molecular formula is C29H37ClN5O5PS. The molecule has 0 aliphatic carbocycles.